The van der Waals surface area contributed by atoms with Crippen LogP contribution in [0, 0.1) is 11.8 Å². The molecule has 0 amide bonds. The molecule has 1 aliphatic heterocycles. The number of aliphatic imine (C=N–C) groups is 1. The van der Waals surface area contributed by atoms with Crippen LogP contribution in [0.3, 0.4) is 0 Å². The molecule has 120 valence electrons. The van der Waals surface area contributed by atoms with Crippen LogP contribution in [0.5, 0.6) is 0 Å². The van der Waals surface area contributed by atoms with E-state index in [2.05, 4.69) is 48.1 Å². The van der Waals surface area contributed by atoms with Crippen LogP contribution in [0.2, 0.25) is 0 Å². The van der Waals surface area contributed by atoms with Gasteiger partial charge in [0.05, 0.1) is 0 Å². The quantitative estimate of drug-likeness (QED) is 0.324. The van der Waals surface area contributed by atoms with Gasteiger partial charge in [0.15, 0.2) is 5.96 Å². The Morgan fingerprint density at radius 3 is 2.65 bits per heavy atom. The SMILES string of the molecule is CN=C(NCCCN(C)C)N1CCC(CC(C)C)C1.I. The standard InChI is InChI=1S/C15H32N4.HI/c1-13(2)11-14-7-10-19(12-14)15(16-3)17-8-6-9-18(4)5;/h13-14H,6-12H2,1-5H3,(H,16,17);1H. The monoisotopic (exact) mass is 396 g/mol. The molecule has 0 spiro atoms. The fraction of sp³-hybridized carbons (Fsp3) is 0.933. The van der Waals surface area contributed by atoms with Crippen molar-refractivity contribution < 1.29 is 0 Å². The van der Waals surface area contributed by atoms with Gasteiger partial charge >= 0.3 is 0 Å². The molecule has 20 heavy (non-hydrogen) atoms. The summed E-state index contributed by atoms with van der Waals surface area (Å²) in [4.78, 5) is 9.06. The molecular weight excluding hydrogens is 363 g/mol. The Kier molecular flexibility index (Phi) is 10.6. The lowest BCUT2D eigenvalue weighted by atomic mass is 9.97. The highest BCUT2D eigenvalue weighted by Crippen LogP contribution is 2.23. The summed E-state index contributed by atoms with van der Waals surface area (Å²) in [5.74, 6) is 2.74. The number of halogens is 1. The predicted molar refractivity (Wildman–Crippen MR) is 99.1 cm³/mol. The van der Waals surface area contributed by atoms with E-state index in [1.807, 2.05) is 7.05 Å². The number of hydrogen-bond acceptors (Lipinski definition) is 2. The highest BCUT2D eigenvalue weighted by Gasteiger charge is 2.24. The minimum atomic E-state index is 0. The maximum absolute atomic E-state index is 4.42. The van der Waals surface area contributed by atoms with E-state index in [0.717, 1.165) is 43.9 Å². The summed E-state index contributed by atoms with van der Waals surface area (Å²) in [6, 6.07) is 0. The first-order valence-corrected chi connectivity index (χ1v) is 7.63. The van der Waals surface area contributed by atoms with Crippen molar-refractivity contribution in [3.63, 3.8) is 0 Å². The zero-order chi connectivity index (χ0) is 14.3. The summed E-state index contributed by atoms with van der Waals surface area (Å²) in [6.07, 6.45) is 3.82. The second-order valence-electron chi connectivity index (χ2n) is 6.36. The highest BCUT2D eigenvalue weighted by molar-refractivity contribution is 14.0. The van der Waals surface area contributed by atoms with Gasteiger partial charge in [0.1, 0.15) is 0 Å². The van der Waals surface area contributed by atoms with Crippen molar-refractivity contribution in [2.24, 2.45) is 16.8 Å². The molecule has 0 bridgehead atoms. The lowest BCUT2D eigenvalue weighted by Gasteiger charge is -2.22. The molecule has 0 aromatic carbocycles. The minimum absolute atomic E-state index is 0. The van der Waals surface area contributed by atoms with Gasteiger partial charge in [-0.2, -0.15) is 0 Å². The number of nitrogens with zero attached hydrogens (tertiary/aromatic N) is 3. The predicted octanol–water partition coefficient (Wildman–Crippen LogP) is 2.50. The molecule has 1 aliphatic rings. The van der Waals surface area contributed by atoms with Crippen LogP contribution in [0.4, 0.5) is 0 Å². The first-order valence-electron chi connectivity index (χ1n) is 7.63. The van der Waals surface area contributed by atoms with Crippen LogP contribution in [-0.2, 0) is 0 Å². The fourth-order valence-corrected chi connectivity index (χ4v) is 2.81. The van der Waals surface area contributed by atoms with Gasteiger partial charge in [0.25, 0.3) is 0 Å². The molecule has 1 unspecified atom stereocenters. The van der Waals surface area contributed by atoms with E-state index < -0.39 is 0 Å². The van der Waals surface area contributed by atoms with Crippen LogP contribution in [0.1, 0.15) is 33.1 Å². The molecular formula is C15H33IN4. The average Bonchev–Trinajstić information content (AvgIpc) is 2.76. The molecule has 0 radical (unpaired) electrons. The van der Waals surface area contributed by atoms with Gasteiger partial charge in [0.2, 0.25) is 0 Å². The Hall–Kier alpha value is -0.0400. The third kappa shape index (κ3) is 7.67. The van der Waals surface area contributed by atoms with Crippen LogP contribution in [0.25, 0.3) is 0 Å². The third-order valence-corrected chi connectivity index (χ3v) is 3.67. The van der Waals surface area contributed by atoms with E-state index in [1.165, 1.54) is 19.4 Å². The first kappa shape index (κ1) is 20.0. The van der Waals surface area contributed by atoms with Crippen molar-refractivity contribution >= 4 is 29.9 Å². The highest BCUT2D eigenvalue weighted by atomic mass is 127. The Labute approximate surface area is 142 Å². The van der Waals surface area contributed by atoms with Crippen molar-refractivity contribution in [3.05, 3.63) is 0 Å². The molecule has 1 rings (SSSR count). The summed E-state index contributed by atoms with van der Waals surface area (Å²) in [7, 11) is 6.13. The van der Waals surface area contributed by atoms with Gasteiger partial charge in [0, 0.05) is 26.7 Å². The smallest absolute Gasteiger partial charge is 0.193 e. The zero-order valence-electron chi connectivity index (χ0n) is 13.9. The zero-order valence-corrected chi connectivity index (χ0v) is 16.2. The molecule has 1 N–H and O–H groups in total. The summed E-state index contributed by atoms with van der Waals surface area (Å²) in [5, 5.41) is 3.49. The lowest BCUT2D eigenvalue weighted by molar-refractivity contribution is 0.390. The minimum Gasteiger partial charge on any atom is -0.356 e. The van der Waals surface area contributed by atoms with Crippen LogP contribution in [0.15, 0.2) is 4.99 Å². The maximum atomic E-state index is 4.42. The lowest BCUT2D eigenvalue weighted by Crippen LogP contribution is -2.41. The largest absolute Gasteiger partial charge is 0.356 e. The Bertz CT molecular complexity index is 279. The van der Waals surface area contributed by atoms with Gasteiger partial charge in [-0.25, -0.2) is 0 Å². The van der Waals surface area contributed by atoms with Crippen molar-refractivity contribution in [3.8, 4) is 0 Å². The van der Waals surface area contributed by atoms with E-state index in [0.29, 0.717) is 0 Å². The number of hydrogen-bond donors (Lipinski definition) is 1. The number of likely N-dealkylation sites (tertiary alicyclic amines) is 1. The number of guanidine groups is 1. The third-order valence-electron chi connectivity index (χ3n) is 3.67. The van der Waals surface area contributed by atoms with Gasteiger partial charge < -0.3 is 15.1 Å². The van der Waals surface area contributed by atoms with Crippen molar-refractivity contribution in [1.29, 1.82) is 0 Å². The molecule has 1 heterocycles. The molecule has 5 heteroatoms. The summed E-state index contributed by atoms with van der Waals surface area (Å²) >= 11 is 0. The number of nitrogens with one attached hydrogen (secondary N) is 1. The molecule has 1 atom stereocenters. The second-order valence-corrected chi connectivity index (χ2v) is 6.36. The number of rotatable bonds is 6. The summed E-state index contributed by atoms with van der Waals surface area (Å²) in [6.45, 7) is 9.10. The summed E-state index contributed by atoms with van der Waals surface area (Å²) in [5.41, 5.74) is 0. The molecule has 4 nitrogen and oxygen atoms in total. The molecule has 0 aromatic rings. The Morgan fingerprint density at radius 2 is 2.10 bits per heavy atom. The van der Waals surface area contributed by atoms with E-state index in [9.17, 15) is 0 Å². The van der Waals surface area contributed by atoms with Gasteiger partial charge in [-0.1, -0.05) is 13.8 Å². The van der Waals surface area contributed by atoms with Crippen molar-refractivity contribution in [1.82, 2.24) is 15.1 Å². The van der Waals surface area contributed by atoms with Gasteiger partial charge in [-0.05, 0) is 51.7 Å². The van der Waals surface area contributed by atoms with Crippen LogP contribution >= 0.6 is 24.0 Å². The first-order chi connectivity index (χ1) is 9.02. The summed E-state index contributed by atoms with van der Waals surface area (Å²) < 4.78 is 0. The van der Waals surface area contributed by atoms with Crippen LogP contribution < -0.4 is 5.32 Å². The molecule has 1 saturated heterocycles. The maximum Gasteiger partial charge on any atom is 0.193 e. The van der Waals surface area contributed by atoms with Gasteiger partial charge in [-0.15, -0.1) is 24.0 Å². The Balaban J connectivity index is 0.00000361. The van der Waals surface area contributed by atoms with Crippen molar-refractivity contribution in [2.45, 2.75) is 33.1 Å². The van der Waals surface area contributed by atoms with Crippen LogP contribution in [-0.4, -0.2) is 63.1 Å². The van der Waals surface area contributed by atoms with E-state index in [1.54, 1.807) is 0 Å². The normalized spacial score (nSPS) is 19.6. The average molecular weight is 396 g/mol. The van der Waals surface area contributed by atoms with E-state index in [4.69, 9.17) is 0 Å². The molecule has 1 fully saturated rings. The second kappa shape index (κ2) is 10.7. The molecule has 0 aliphatic carbocycles. The Morgan fingerprint density at radius 1 is 1.40 bits per heavy atom. The topological polar surface area (TPSA) is 30.9 Å². The van der Waals surface area contributed by atoms with Gasteiger partial charge in [-0.3, -0.25) is 4.99 Å². The molecule has 0 saturated carbocycles. The van der Waals surface area contributed by atoms with E-state index >= 15 is 0 Å². The van der Waals surface area contributed by atoms with Crippen molar-refractivity contribution in [2.75, 3.05) is 47.3 Å². The van der Waals surface area contributed by atoms with E-state index in [-0.39, 0.29) is 24.0 Å². The fourth-order valence-electron chi connectivity index (χ4n) is 2.81. The molecule has 0 aromatic heterocycles.